The highest BCUT2D eigenvalue weighted by atomic mass is 19.1. The van der Waals surface area contributed by atoms with E-state index in [9.17, 15) is 8.78 Å². The standard InChI is InChI=1S/C16H19F2N5/c17-10-1-2-13(18)12(3-10)16-14(19)4-11(6-20-16)23-7-9-5-21-22-15(9)8-23/h1-3,5,11,14,16,20H,4,6-8,19H2,(H,21,22)/t11-,14+,16?/m1/s1. The summed E-state index contributed by atoms with van der Waals surface area (Å²) >= 11 is 0. The van der Waals surface area contributed by atoms with Crippen molar-refractivity contribution in [1.82, 2.24) is 20.4 Å². The summed E-state index contributed by atoms with van der Waals surface area (Å²) in [7, 11) is 0. The van der Waals surface area contributed by atoms with Gasteiger partial charge in [0, 0.05) is 49.0 Å². The van der Waals surface area contributed by atoms with Crippen molar-refractivity contribution in [3.63, 3.8) is 0 Å². The zero-order valence-corrected chi connectivity index (χ0v) is 12.6. The van der Waals surface area contributed by atoms with Crippen molar-refractivity contribution >= 4 is 0 Å². The Morgan fingerprint density at radius 3 is 2.91 bits per heavy atom. The number of fused-ring (bicyclic) bond motifs is 1. The molecule has 1 unspecified atom stereocenters. The van der Waals surface area contributed by atoms with E-state index < -0.39 is 11.6 Å². The number of aromatic amines is 1. The Kier molecular flexibility index (Phi) is 3.63. The maximum Gasteiger partial charge on any atom is 0.128 e. The maximum atomic E-state index is 14.0. The third kappa shape index (κ3) is 2.65. The van der Waals surface area contributed by atoms with Crippen molar-refractivity contribution in [3.8, 4) is 0 Å². The van der Waals surface area contributed by atoms with E-state index in [4.69, 9.17) is 5.73 Å². The molecule has 1 aromatic carbocycles. The van der Waals surface area contributed by atoms with Crippen LogP contribution in [0.4, 0.5) is 8.78 Å². The van der Waals surface area contributed by atoms with Crippen LogP contribution < -0.4 is 11.1 Å². The van der Waals surface area contributed by atoms with Crippen LogP contribution in [0.25, 0.3) is 0 Å². The van der Waals surface area contributed by atoms with Gasteiger partial charge in [-0.05, 0) is 24.6 Å². The second-order valence-corrected chi connectivity index (χ2v) is 6.37. The molecule has 3 heterocycles. The molecule has 5 nitrogen and oxygen atoms in total. The lowest BCUT2D eigenvalue weighted by Gasteiger charge is -2.39. The Labute approximate surface area is 132 Å². The van der Waals surface area contributed by atoms with Gasteiger partial charge in [-0.1, -0.05) is 0 Å². The van der Waals surface area contributed by atoms with Gasteiger partial charge in [0.1, 0.15) is 11.6 Å². The van der Waals surface area contributed by atoms with Crippen LogP contribution in [0.2, 0.25) is 0 Å². The maximum absolute atomic E-state index is 14.0. The smallest absolute Gasteiger partial charge is 0.128 e. The predicted molar refractivity (Wildman–Crippen MR) is 81.3 cm³/mol. The molecule has 0 aliphatic carbocycles. The van der Waals surface area contributed by atoms with Crippen LogP contribution in [-0.2, 0) is 13.1 Å². The van der Waals surface area contributed by atoms with E-state index in [0.717, 1.165) is 37.3 Å². The fraction of sp³-hybridized carbons (Fsp3) is 0.438. The van der Waals surface area contributed by atoms with Crippen LogP contribution in [0.1, 0.15) is 29.3 Å². The van der Waals surface area contributed by atoms with E-state index in [2.05, 4.69) is 20.4 Å². The van der Waals surface area contributed by atoms with E-state index in [1.54, 1.807) is 0 Å². The van der Waals surface area contributed by atoms with E-state index in [1.807, 2.05) is 6.20 Å². The van der Waals surface area contributed by atoms with E-state index in [1.165, 1.54) is 11.6 Å². The summed E-state index contributed by atoms with van der Waals surface area (Å²) in [5.74, 6) is -0.860. The summed E-state index contributed by atoms with van der Waals surface area (Å²) < 4.78 is 27.4. The fourth-order valence-electron chi connectivity index (χ4n) is 3.66. The first-order chi connectivity index (χ1) is 11.1. The first kappa shape index (κ1) is 14.7. The lowest BCUT2D eigenvalue weighted by Crippen LogP contribution is -2.54. The molecule has 23 heavy (non-hydrogen) atoms. The molecular weight excluding hydrogens is 300 g/mol. The minimum Gasteiger partial charge on any atom is -0.326 e. The number of H-pyrrole nitrogens is 1. The molecule has 7 heteroatoms. The Morgan fingerprint density at radius 1 is 1.26 bits per heavy atom. The van der Waals surface area contributed by atoms with Gasteiger partial charge in [-0.25, -0.2) is 8.78 Å². The second kappa shape index (κ2) is 5.67. The van der Waals surface area contributed by atoms with Crippen LogP contribution in [0.5, 0.6) is 0 Å². The molecule has 0 saturated carbocycles. The zero-order chi connectivity index (χ0) is 16.0. The molecule has 1 saturated heterocycles. The van der Waals surface area contributed by atoms with Crippen LogP contribution in [0.3, 0.4) is 0 Å². The number of benzene rings is 1. The SMILES string of the molecule is N[C@H]1C[C@@H](N2Cc3c[nH]nc3C2)CNC1c1cc(F)ccc1F. The van der Waals surface area contributed by atoms with Crippen LogP contribution in [-0.4, -0.2) is 33.7 Å². The molecule has 0 radical (unpaired) electrons. The number of halogens is 2. The number of aromatic nitrogens is 2. The molecule has 1 aromatic heterocycles. The Balaban J connectivity index is 1.46. The minimum atomic E-state index is -0.442. The lowest BCUT2D eigenvalue weighted by molar-refractivity contribution is 0.137. The highest BCUT2D eigenvalue weighted by Crippen LogP contribution is 2.30. The molecule has 2 aliphatic rings. The van der Waals surface area contributed by atoms with Crippen LogP contribution in [0.15, 0.2) is 24.4 Å². The van der Waals surface area contributed by atoms with E-state index in [-0.39, 0.29) is 18.1 Å². The van der Waals surface area contributed by atoms with Crippen molar-refractivity contribution in [2.45, 2.75) is 37.6 Å². The van der Waals surface area contributed by atoms with E-state index in [0.29, 0.717) is 12.1 Å². The van der Waals surface area contributed by atoms with Gasteiger partial charge in [0.15, 0.2) is 0 Å². The first-order valence-electron chi connectivity index (χ1n) is 7.81. The van der Waals surface area contributed by atoms with Gasteiger partial charge in [0.05, 0.1) is 11.7 Å². The molecule has 122 valence electrons. The summed E-state index contributed by atoms with van der Waals surface area (Å²) in [5.41, 5.74) is 8.88. The molecule has 2 aliphatic heterocycles. The Bertz CT molecular complexity index is 696. The average molecular weight is 319 g/mol. The van der Waals surface area contributed by atoms with Crippen molar-refractivity contribution in [2.24, 2.45) is 5.73 Å². The number of piperidine rings is 1. The van der Waals surface area contributed by atoms with Crippen molar-refractivity contribution in [1.29, 1.82) is 0 Å². The third-order valence-corrected chi connectivity index (χ3v) is 4.89. The number of nitrogens with zero attached hydrogens (tertiary/aromatic N) is 2. The molecular formula is C16H19F2N5. The van der Waals surface area contributed by atoms with Gasteiger partial charge in [0.2, 0.25) is 0 Å². The lowest BCUT2D eigenvalue weighted by atomic mass is 9.89. The molecule has 0 bridgehead atoms. The molecule has 1 fully saturated rings. The van der Waals surface area contributed by atoms with Crippen molar-refractivity contribution < 1.29 is 8.78 Å². The Morgan fingerprint density at radius 2 is 2.13 bits per heavy atom. The summed E-state index contributed by atoms with van der Waals surface area (Å²) in [6, 6.07) is 3.17. The Hall–Kier alpha value is -1.83. The number of rotatable bonds is 2. The topological polar surface area (TPSA) is 70.0 Å². The van der Waals surface area contributed by atoms with Crippen LogP contribution >= 0.6 is 0 Å². The minimum absolute atomic E-state index is 0.264. The average Bonchev–Trinajstić information content (AvgIpc) is 3.11. The van der Waals surface area contributed by atoms with Gasteiger partial charge in [-0.3, -0.25) is 10.00 Å². The molecule has 2 aromatic rings. The summed E-state index contributed by atoms with van der Waals surface area (Å²) in [5, 5.41) is 10.4. The highest BCUT2D eigenvalue weighted by Gasteiger charge is 2.35. The third-order valence-electron chi connectivity index (χ3n) is 4.89. The number of nitrogens with two attached hydrogens (primary N) is 1. The largest absolute Gasteiger partial charge is 0.326 e. The van der Waals surface area contributed by atoms with E-state index >= 15 is 0 Å². The molecule has 4 N–H and O–H groups in total. The van der Waals surface area contributed by atoms with Crippen molar-refractivity contribution in [3.05, 3.63) is 52.9 Å². The molecule has 0 spiro atoms. The zero-order valence-electron chi connectivity index (χ0n) is 12.6. The quantitative estimate of drug-likeness (QED) is 0.783. The second-order valence-electron chi connectivity index (χ2n) is 6.37. The monoisotopic (exact) mass is 319 g/mol. The van der Waals surface area contributed by atoms with Gasteiger partial charge in [-0.2, -0.15) is 5.10 Å². The van der Waals surface area contributed by atoms with Gasteiger partial charge < -0.3 is 11.1 Å². The number of hydrogen-bond donors (Lipinski definition) is 3. The predicted octanol–water partition coefficient (Wildman–Crippen LogP) is 1.43. The first-order valence-corrected chi connectivity index (χ1v) is 7.81. The molecule has 3 atom stereocenters. The van der Waals surface area contributed by atoms with Crippen molar-refractivity contribution in [2.75, 3.05) is 6.54 Å². The fourth-order valence-corrected chi connectivity index (χ4v) is 3.66. The molecule has 4 rings (SSSR count). The summed E-state index contributed by atoms with van der Waals surface area (Å²) in [6.07, 6.45) is 2.66. The highest BCUT2D eigenvalue weighted by molar-refractivity contribution is 5.25. The summed E-state index contributed by atoms with van der Waals surface area (Å²) in [4.78, 5) is 2.33. The van der Waals surface area contributed by atoms with Crippen LogP contribution in [0, 0.1) is 11.6 Å². The molecule has 0 amide bonds. The van der Waals surface area contributed by atoms with Gasteiger partial charge in [-0.15, -0.1) is 0 Å². The summed E-state index contributed by atoms with van der Waals surface area (Å²) in [6.45, 7) is 2.35. The van der Waals surface area contributed by atoms with Gasteiger partial charge >= 0.3 is 0 Å². The number of nitrogens with one attached hydrogen (secondary N) is 2. The van der Waals surface area contributed by atoms with Gasteiger partial charge in [0.25, 0.3) is 0 Å². The number of hydrogen-bond acceptors (Lipinski definition) is 4. The normalized spacial score (nSPS) is 28.0.